The van der Waals surface area contributed by atoms with Crippen LogP contribution in [0.4, 0.5) is 0 Å². The summed E-state index contributed by atoms with van der Waals surface area (Å²) in [5, 5.41) is 0. The molecule has 0 aliphatic heterocycles. The van der Waals surface area contributed by atoms with Crippen molar-refractivity contribution < 1.29 is 14.3 Å². The second kappa shape index (κ2) is 7.17. The molecule has 18 heavy (non-hydrogen) atoms. The SMILES string of the molecule is COc1ccc(CO[C@H](C(C)C)[C@H](C)C=O)cc1. The zero-order valence-corrected chi connectivity index (χ0v) is 11.6. The lowest BCUT2D eigenvalue weighted by molar-refractivity contribution is -0.117. The number of carbonyl (C=O) groups excluding carboxylic acids is 1. The second-order valence-corrected chi connectivity index (χ2v) is 4.86. The van der Waals surface area contributed by atoms with E-state index in [1.165, 1.54) is 0 Å². The highest BCUT2D eigenvalue weighted by atomic mass is 16.5. The van der Waals surface area contributed by atoms with Gasteiger partial charge in [0.2, 0.25) is 0 Å². The Bertz CT molecular complexity index is 357. The molecule has 1 rings (SSSR count). The summed E-state index contributed by atoms with van der Waals surface area (Å²) in [6, 6.07) is 7.77. The van der Waals surface area contributed by atoms with Crippen LogP contribution in [-0.2, 0) is 16.1 Å². The molecule has 1 aromatic rings. The van der Waals surface area contributed by atoms with E-state index in [0.29, 0.717) is 12.5 Å². The van der Waals surface area contributed by atoms with Gasteiger partial charge in [-0.25, -0.2) is 0 Å². The third kappa shape index (κ3) is 4.15. The molecule has 0 saturated heterocycles. The minimum Gasteiger partial charge on any atom is -0.497 e. The van der Waals surface area contributed by atoms with Gasteiger partial charge in [0, 0.05) is 5.92 Å². The van der Waals surface area contributed by atoms with Crippen LogP contribution in [0.3, 0.4) is 0 Å². The van der Waals surface area contributed by atoms with Crippen molar-refractivity contribution in [1.82, 2.24) is 0 Å². The van der Waals surface area contributed by atoms with Crippen LogP contribution in [-0.4, -0.2) is 19.5 Å². The van der Waals surface area contributed by atoms with E-state index in [1.54, 1.807) is 7.11 Å². The molecule has 0 aliphatic carbocycles. The van der Waals surface area contributed by atoms with Crippen LogP contribution < -0.4 is 4.74 Å². The summed E-state index contributed by atoms with van der Waals surface area (Å²) in [5.74, 6) is 1.08. The maximum Gasteiger partial charge on any atom is 0.125 e. The van der Waals surface area contributed by atoms with Crippen molar-refractivity contribution in [3.05, 3.63) is 29.8 Å². The Morgan fingerprint density at radius 3 is 2.22 bits per heavy atom. The third-order valence-corrected chi connectivity index (χ3v) is 2.99. The zero-order valence-electron chi connectivity index (χ0n) is 11.6. The maximum atomic E-state index is 10.8. The first kappa shape index (κ1) is 14.7. The molecular formula is C15H22O3. The third-order valence-electron chi connectivity index (χ3n) is 2.99. The van der Waals surface area contributed by atoms with Crippen LogP contribution in [0.5, 0.6) is 5.75 Å². The average molecular weight is 250 g/mol. The van der Waals surface area contributed by atoms with Crippen LogP contribution in [0.15, 0.2) is 24.3 Å². The minimum absolute atomic E-state index is 0.0374. The number of aldehydes is 1. The minimum atomic E-state index is -0.0803. The van der Waals surface area contributed by atoms with Crippen molar-refractivity contribution in [2.45, 2.75) is 33.5 Å². The number of hydrogen-bond acceptors (Lipinski definition) is 3. The average Bonchev–Trinajstić information content (AvgIpc) is 2.39. The second-order valence-electron chi connectivity index (χ2n) is 4.86. The van der Waals surface area contributed by atoms with Gasteiger partial charge >= 0.3 is 0 Å². The van der Waals surface area contributed by atoms with Crippen LogP contribution in [0.25, 0.3) is 0 Å². The first-order valence-corrected chi connectivity index (χ1v) is 6.28. The molecule has 2 atom stereocenters. The Kier molecular flexibility index (Phi) is 5.86. The van der Waals surface area contributed by atoms with Crippen molar-refractivity contribution in [2.24, 2.45) is 11.8 Å². The maximum absolute atomic E-state index is 10.8. The van der Waals surface area contributed by atoms with Gasteiger partial charge in [-0.05, 0) is 23.6 Å². The van der Waals surface area contributed by atoms with Gasteiger partial charge in [-0.15, -0.1) is 0 Å². The normalized spacial score (nSPS) is 14.3. The molecule has 0 unspecified atom stereocenters. The quantitative estimate of drug-likeness (QED) is 0.698. The molecule has 3 heteroatoms. The topological polar surface area (TPSA) is 35.5 Å². The smallest absolute Gasteiger partial charge is 0.125 e. The molecule has 0 radical (unpaired) electrons. The lowest BCUT2D eigenvalue weighted by Crippen LogP contribution is -2.28. The lowest BCUT2D eigenvalue weighted by Gasteiger charge is -2.24. The Balaban J connectivity index is 2.58. The van der Waals surface area contributed by atoms with Crippen LogP contribution in [0.1, 0.15) is 26.3 Å². The van der Waals surface area contributed by atoms with E-state index in [2.05, 4.69) is 13.8 Å². The summed E-state index contributed by atoms with van der Waals surface area (Å²) in [5.41, 5.74) is 1.08. The number of ether oxygens (including phenoxy) is 2. The number of carbonyl (C=O) groups is 1. The van der Waals surface area contributed by atoms with Crippen molar-refractivity contribution in [1.29, 1.82) is 0 Å². The summed E-state index contributed by atoms with van der Waals surface area (Å²) in [6.45, 7) is 6.55. The summed E-state index contributed by atoms with van der Waals surface area (Å²) in [6.07, 6.45) is 0.920. The molecule has 0 N–H and O–H groups in total. The van der Waals surface area contributed by atoms with Gasteiger partial charge in [0.15, 0.2) is 0 Å². The Hall–Kier alpha value is -1.35. The van der Waals surface area contributed by atoms with E-state index < -0.39 is 0 Å². The molecule has 0 aliphatic rings. The Labute approximate surface area is 109 Å². The van der Waals surface area contributed by atoms with E-state index >= 15 is 0 Å². The number of hydrogen-bond donors (Lipinski definition) is 0. The summed E-state index contributed by atoms with van der Waals surface area (Å²) >= 11 is 0. The fraction of sp³-hybridized carbons (Fsp3) is 0.533. The van der Waals surface area contributed by atoms with Crippen LogP contribution >= 0.6 is 0 Å². The standard InChI is InChI=1S/C15H22O3/c1-11(2)15(12(3)9-16)18-10-13-5-7-14(17-4)8-6-13/h5-9,11-12,15H,10H2,1-4H3/t12-,15-/m1/s1. The predicted octanol–water partition coefficient (Wildman–Crippen LogP) is 3.07. The van der Waals surface area contributed by atoms with Crippen molar-refractivity contribution in [3.63, 3.8) is 0 Å². The molecule has 0 saturated carbocycles. The highest BCUT2D eigenvalue weighted by molar-refractivity contribution is 5.53. The van der Waals surface area contributed by atoms with Gasteiger partial charge in [0.1, 0.15) is 12.0 Å². The van der Waals surface area contributed by atoms with Gasteiger partial charge < -0.3 is 14.3 Å². The van der Waals surface area contributed by atoms with Crippen molar-refractivity contribution in [3.8, 4) is 5.75 Å². The van der Waals surface area contributed by atoms with E-state index in [-0.39, 0.29) is 12.0 Å². The van der Waals surface area contributed by atoms with Crippen LogP contribution in [0.2, 0.25) is 0 Å². The lowest BCUT2D eigenvalue weighted by atomic mass is 9.96. The molecule has 0 spiro atoms. The highest BCUT2D eigenvalue weighted by Gasteiger charge is 2.21. The van der Waals surface area contributed by atoms with Crippen molar-refractivity contribution >= 4 is 6.29 Å². The first-order valence-electron chi connectivity index (χ1n) is 6.28. The fourth-order valence-electron chi connectivity index (χ4n) is 1.94. The molecule has 0 heterocycles. The molecule has 0 bridgehead atoms. The molecule has 0 amide bonds. The fourth-order valence-corrected chi connectivity index (χ4v) is 1.94. The number of rotatable bonds is 7. The molecule has 0 fully saturated rings. The monoisotopic (exact) mass is 250 g/mol. The summed E-state index contributed by atoms with van der Waals surface area (Å²) in [7, 11) is 1.64. The highest BCUT2D eigenvalue weighted by Crippen LogP contribution is 2.18. The molecule has 3 nitrogen and oxygen atoms in total. The van der Waals surface area contributed by atoms with Crippen LogP contribution in [0, 0.1) is 11.8 Å². The molecule has 100 valence electrons. The van der Waals surface area contributed by atoms with Crippen molar-refractivity contribution in [2.75, 3.05) is 7.11 Å². The van der Waals surface area contributed by atoms with Gasteiger partial charge in [-0.2, -0.15) is 0 Å². The molecule has 0 aromatic heterocycles. The van der Waals surface area contributed by atoms with E-state index in [4.69, 9.17) is 9.47 Å². The molecular weight excluding hydrogens is 228 g/mol. The molecule has 1 aromatic carbocycles. The number of methoxy groups -OCH3 is 1. The summed E-state index contributed by atoms with van der Waals surface area (Å²) < 4.78 is 10.9. The number of benzene rings is 1. The van der Waals surface area contributed by atoms with E-state index in [9.17, 15) is 4.79 Å². The predicted molar refractivity (Wildman–Crippen MR) is 71.6 cm³/mol. The van der Waals surface area contributed by atoms with Gasteiger partial charge in [0.25, 0.3) is 0 Å². The Morgan fingerprint density at radius 2 is 1.78 bits per heavy atom. The van der Waals surface area contributed by atoms with Gasteiger partial charge in [-0.1, -0.05) is 32.9 Å². The Morgan fingerprint density at radius 1 is 1.17 bits per heavy atom. The first-order chi connectivity index (χ1) is 8.58. The largest absolute Gasteiger partial charge is 0.497 e. The zero-order chi connectivity index (χ0) is 13.5. The van der Waals surface area contributed by atoms with E-state index in [0.717, 1.165) is 17.6 Å². The summed E-state index contributed by atoms with van der Waals surface area (Å²) in [4.78, 5) is 10.8. The van der Waals surface area contributed by atoms with Gasteiger partial charge in [0.05, 0.1) is 19.8 Å². The van der Waals surface area contributed by atoms with E-state index in [1.807, 2.05) is 31.2 Å². The van der Waals surface area contributed by atoms with Gasteiger partial charge in [-0.3, -0.25) is 0 Å².